The van der Waals surface area contributed by atoms with Gasteiger partial charge in [-0.2, -0.15) is 13.2 Å². The van der Waals surface area contributed by atoms with Crippen molar-refractivity contribution >= 4 is 17.4 Å². The van der Waals surface area contributed by atoms with Crippen molar-refractivity contribution in [3.8, 4) is 11.3 Å². The molecule has 0 bridgehead atoms. The predicted octanol–water partition coefficient (Wildman–Crippen LogP) is 4.12. The maximum absolute atomic E-state index is 13.3. The summed E-state index contributed by atoms with van der Waals surface area (Å²) in [5.74, 6) is 0.705. The number of anilines is 2. The average Bonchev–Trinajstić information content (AvgIpc) is 2.93. The summed E-state index contributed by atoms with van der Waals surface area (Å²) in [6, 6.07) is 13.0. The normalized spacial score (nSPS) is 18.9. The van der Waals surface area contributed by atoms with Crippen LogP contribution in [0.5, 0.6) is 0 Å². The Kier molecular flexibility index (Phi) is 6.75. The van der Waals surface area contributed by atoms with Crippen LogP contribution in [0.2, 0.25) is 0 Å². The van der Waals surface area contributed by atoms with E-state index in [2.05, 4.69) is 20.1 Å². The molecule has 0 N–H and O–H groups in total. The molecular weight excluding hydrogens is 469 g/mol. The number of benzene rings is 1. The number of halogens is 3. The summed E-state index contributed by atoms with van der Waals surface area (Å²) in [6.07, 6.45) is 0.772. The van der Waals surface area contributed by atoms with Crippen LogP contribution in [0, 0.1) is 5.92 Å². The van der Waals surface area contributed by atoms with Gasteiger partial charge >= 0.3 is 6.18 Å². The van der Waals surface area contributed by atoms with Crippen molar-refractivity contribution in [1.29, 1.82) is 0 Å². The molecule has 10 heteroatoms. The molecular formula is C26H27F3N6O. The van der Waals surface area contributed by atoms with E-state index in [4.69, 9.17) is 0 Å². The zero-order chi connectivity index (χ0) is 25.1. The largest absolute Gasteiger partial charge is 0.416 e. The molecule has 0 saturated carbocycles. The summed E-state index contributed by atoms with van der Waals surface area (Å²) < 4.78 is 39.2. The quantitative estimate of drug-likeness (QED) is 0.542. The van der Waals surface area contributed by atoms with Gasteiger partial charge in [0.2, 0.25) is 5.91 Å². The first-order valence-corrected chi connectivity index (χ1v) is 12.1. The molecule has 36 heavy (non-hydrogen) atoms. The number of amides is 1. The molecule has 2 aromatic heterocycles. The Bertz CT molecular complexity index is 1180. The SMILES string of the molecule is O=C(C1CCCN(c2ccc(-c3cccnc3)nn2)C1)N1CCN(c2cccc(C(F)(F)F)c2)CC1. The number of piperazine rings is 1. The van der Waals surface area contributed by atoms with E-state index < -0.39 is 11.7 Å². The number of hydrogen-bond acceptors (Lipinski definition) is 6. The second kappa shape index (κ2) is 10.1. The lowest BCUT2D eigenvalue weighted by Gasteiger charge is -2.40. The second-order valence-electron chi connectivity index (χ2n) is 9.16. The van der Waals surface area contributed by atoms with Gasteiger partial charge in [0, 0.05) is 62.9 Å². The number of hydrogen-bond donors (Lipinski definition) is 0. The van der Waals surface area contributed by atoms with E-state index in [0.717, 1.165) is 42.5 Å². The molecule has 2 saturated heterocycles. The molecule has 5 rings (SSSR count). The summed E-state index contributed by atoms with van der Waals surface area (Å²) in [6.45, 7) is 3.38. The van der Waals surface area contributed by atoms with Gasteiger partial charge in [0.25, 0.3) is 0 Å². The lowest BCUT2D eigenvalue weighted by molar-refractivity contribution is -0.137. The molecule has 4 heterocycles. The molecule has 188 valence electrons. The molecule has 0 aliphatic carbocycles. The topological polar surface area (TPSA) is 65.5 Å². The van der Waals surface area contributed by atoms with Crippen LogP contribution in [0.3, 0.4) is 0 Å². The summed E-state index contributed by atoms with van der Waals surface area (Å²) in [5.41, 5.74) is 1.52. The minimum absolute atomic E-state index is 0.100. The minimum atomic E-state index is -4.37. The third-order valence-electron chi connectivity index (χ3n) is 6.83. The van der Waals surface area contributed by atoms with Gasteiger partial charge in [-0.15, -0.1) is 10.2 Å². The van der Waals surface area contributed by atoms with Gasteiger partial charge in [-0.05, 0) is 55.3 Å². The van der Waals surface area contributed by atoms with Gasteiger partial charge in [-0.25, -0.2) is 0 Å². The third kappa shape index (κ3) is 5.27. The number of carbonyl (C=O) groups is 1. The molecule has 0 spiro atoms. The average molecular weight is 497 g/mol. The number of piperidine rings is 1. The number of rotatable bonds is 4. The Morgan fingerprint density at radius 1 is 0.917 bits per heavy atom. The van der Waals surface area contributed by atoms with Crippen LogP contribution in [0.15, 0.2) is 60.9 Å². The summed E-state index contributed by atoms with van der Waals surface area (Å²) in [7, 11) is 0. The Hall–Kier alpha value is -3.69. The van der Waals surface area contributed by atoms with Crippen LogP contribution in [-0.2, 0) is 11.0 Å². The second-order valence-corrected chi connectivity index (χ2v) is 9.16. The summed E-state index contributed by atoms with van der Waals surface area (Å²) in [5, 5.41) is 8.73. The molecule has 1 unspecified atom stereocenters. The highest BCUT2D eigenvalue weighted by Crippen LogP contribution is 2.32. The van der Waals surface area contributed by atoms with Gasteiger partial charge < -0.3 is 14.7 Å². The van der Waals surface area contributed by atoms with Crippen molar-refractivity contribution in [2.75, 3.05) is 49.1 Å². The highest BCUT2D eigenvalue weighted by Gasteiger charge is 2.33. The van der Waals surface area contributed by atoms with Crippen molar-refractivity contribution in [2.45, 2.75) is 19.0 Å². The van der Waals surface area contributed by atoms with Crippen LogP contribution >= 0.6 is 0 Å². The van der Waals surface area contributed by atoms with Crippen molar-refractivity contribution in [1.82, 2.24) is 20.1 Å². The molecule has 2 fully saturated rings. The van der Waals surface area contributed by atoms with Gasteiger partial charge in [0.1, 0.15) is 0 Å². The molecule has 1 aromatic carbocycles. The van der Waals surface area contributed by atoms with E-state index in [0.29, 0.717) is 38.4 Å². The summed E-state index contributed by atoms with van der Waals surface area (Å²) >= 11 is 0. The Morgan fingerprint density at radius 2 is 1.75 bits per heavy atom. The Labute approximate surface area is 207 Å². The van der Waals surface area contributed by atoms with E-state index >= 15 is 0 Å². The highest BCUT2D eigenvalue weighted by molar-refractivity contribution is 5.80. The van der Waals surface area contributed by atoms with Crippen LogP contribution in [0.4, 0.5) is 24.7 Å². The van der Waals surface area contributed by atoms with Gasteiger partial charge in [-0.1, -0.05) is 6.07 Å². The Balaban J connectivity index is 1.18. The highest BCUT2D eigenvalue weighted by atomic mass is 19.4. The molecule has 7 nitrogen and oxygen atoms in total. The fraction of sp³-hybridized carbons (Fsp3) is 0.385. The lowest BCUT2D eigenvalue weighted by atomic mass is 9.96. The maximum atomic E-state index is 13.3. The number of alkyl halides is 3. The maximum Gasteiger partial charge on any atom is 0.416 e. The van der Waals surface area contributed by atoms with E-state index in [-0.39, 0.29) is 11.8 Å². The predicted molar refractivity (Wildman–Crippen MR) is 130 cm³/mol. The van der Waals surface area contributed by atoms with Gasteiger partial charge in [0.15, 0.2) is 5.82 Å². The zero-order valence-corrected chi connectivity index (χ0v) is 19.7. The monoisotopic (exact) mass is 496 g/mol. The lowest BCUT2D eigenvalue weighted by Crippen LogP contribution is -2.52. The zero-order valence-electron chi connectivity index (χ0n) is 19.7. The fourth-order valence-electron chi connectivity index (χ4n) is 4.87. The molecule has 0 radical (unpaired) electrons. The fourth-order valence-corrected chi connectivity index (χ4v) is 4.87. The molecule has 1 amide bonds. The van der Waals surface area contributed by atoms with E-state index in [1.165, 1.54) is 12.1 Å². The Morgan fingerprint density at radius 3 is 2.44 bits per heavy atom. The van der Waals surface area contributed by atoms with Crippen LogP contribution < -0.4 is 9.80 Å². The first-order valence-electron chi connectivity index (χ1n) is 12.1. The van der Waals surface area contributed by atoms with Gasteiger partial charge in [0.05, 0.1) is 17.2 Å². The molecule has 2 aliphatic rings. The first-order chi connectivity index (χ1) is 17.4. The summed E-state index contributed by atoms with van der Waals surface area (Å²) in [4.78, 5) is 23.3. The van der Waals surface area contributed by atoms with Gasteiger partial charge in [-0.3, -0.25) is 9.78 Å². The third-order valence-corrected chi connectivity index (χ3v) is 6.83. The number of pyridine rings is 1. The van der Waals surface area contributed by atoms with Crippen LogP contribution in [0.25, 0.3) is 11.3 Å². The first kappa shape index (κ1) is 24.0. The van der Waals surface area contributed by atoms with Crippen LogP contribution in [0.1, 0.15) is 18.4 Å². The minimum Gasteiger partial charge on any atom is -0.368 e. The molecule has 2 aliphatic heterocycles. The number of nitrogens with zero attached hydrogens (tertiary/aromatic N) is 6. The molecule has 1 atom stereocenters. The van der Waals surface area contributed by atoms with E-state index in [1.807, 2.05) is 34.1 Å². The number of aromatic nitrogens is 3. The standard InChI is InChI=1S/C26H27F3N6O/c27-26(28,29)21-6-1-7-22(16-21)33-12-14-34(15-13-33)25(36)20-5-3-11-35(18-20)24-9-8-23(31-32-24)19-4-2-10-30-17-19/h1-2,4,6-10,16-17,20H,3,5,11-15,18H2. The van der Waals surface area contributed by atoms with Crippen molar-refractivity contribution in [2.24, 2.45) is 5.92 Å². The van der Waals surface area contributed by atoms with Crippen molar-refractivity contribution in [3.63, 3.8) is 0 Å². The van der Waals surface area contributed by atoms with E-state index in [9.17, 15) is 18.0 Å². The molecule has 3 aromatic rings. The smallest absolute Gasteiger partial charge is 0.368 e. The number of carbonyl (C=O) groups excluding carboxylic acids is 1. The van der Waals surface area contributed by atoms with Crippen molar-refractivity contribution in [3.05, 3.63) is 66.5 Å². The van der Waals surface area contributed by atoms with E-state index in [1.54, 1.807) is 18.5 Å². The van der Waals surface area contributed by atoms with Crippen LogP contribution in [-0.4, -0.2) is 65.3 Å². The van der Waals surface area contributed by atoms with Crippen molar-refractivity contribution < 1.29 is 18.0 Å².